The van der Waals surface area contributed by atoms with Gasteiger partial charge in [0.15, 0.2) is 11.5 Å². The quantitative estimate of drug-likeness (QED) is 0.171. The summed E-state index contributed by atoms with van der Waals surface area (Å²) in [6.45, 7) is 9.98. The molecule has 41 heavy (non-hydrogen) atoms. The molecule has 0 aliphatic carbocycles. The van der Waals surface area contributed by atoms with Gasteiger partial charge in [-0.2, -0.15) is 0 Å². The molecule has 2 amide bonds. The van der Waals surface area contributed by atoms with Gasteiger partial charge in [0.1, 0.15) is 0 Å². The van der Waals surface area contributed by atoms with Crippen LogP contribution in [0.3, 0.4) is 0 Å². The third kappa shape index (κ3) is 11.3. The number of esters is 2. The topological polar surface area (TPSA) is 131 Å². The van der Waals surface area contributed by atoms with Crippen molar-refractivity contribution in [2.45, 2.75) is 60.4 Å². The van der Waals surface area contributed by atoms with E-state index in [2.05, 4.69) is 24.2 Å². The van der Waals surface area contributed by atoms with Crippen molar-refractivity contribution in [3.05, 3.63) is 58.7 Å². The fourth-order valence-corrected chi connectivity index (χ4v) is 3.94. The third-order valence-corrected chi connectivity index (χ3v) is 6.58. The first-order valence-corrected chi connectivity index (χ1v) is 13.7. The van der Waals surface area contributed by atoms with Gasteiger partial charge in [-0.15, -0.1) is 0 Å². The molecule has 224 valence electrons. The molecule has 0 aromatic heterocycles. The second kappa shape index (κ2) is 15.3. The van der Waals surface area contributed by atoms with Gasteiger partial charge in [0.2, 0.25) is 0 Å². The van der Waals surface area contributed by atoms with E-state index in [9.17, 15) is 19.2 Å². The van der Waals surface area contributed by atoms with Gasteiger partial charge in [-0.1, -0.05) is 37.1 Å². The number of nitrogens with zero attached hydrogens (tertiary/aromatic N) is 1. The summed E-state index contributed by atoms with van der Waals surface area (Å²) in [6, 6.07) is 10.5. The van der Waals surface area contributed by atoms with E-state index in [4.69, 9.17) is 19.3 Å². The summed E-state index contributed by atoms with van der Waals surface area (Å²) in [4.78, 5) is 47.8. The minimum Gasteiger partial charge on any atom is -0.493 e. The summed E-state index contributed by atoms with van der Waals surface area (Å²) < 4.78 is 17.3. The minimum absolute atomic E-state index is 0.110. The van der Waals surface area contributed by atoms with Crippen molar-refractivity contribution < 1.29 is 38.5 Å². The molecule has 1 unspecified atom stereocenters. The summed E-state index contributed by atoms with van der Waals surface area (Å²) in [5.41, 5.74) is 3.45. The molecule has 2 aromatic carbocycles. The van der Waals surface area contributed by atoms with Crippen LogP contribution >= 0.6 is 12.8 Å². The predicted molar refractivity (Wildman–Crippen MR) is 157 cm³/mol. The Kier molecular flexibility index (Phi) is 12.5. The second-order valence-corrected chi connectivity index (χ2v) is 11.4. The van der Waals surface area contributed by atoms with Crippen LogP contribution in [0.15, 0.2) is 36.4 Å². The Morgan fingerprint density at radius 2 is 1.66 bits per heavy atom. The maximum atomic E-state index is 12.9. The van der Waals surface area contributed by atoms with Gasteiger partial charge in [-0.25, -0.2) is 4.79 Å². The maximum Gasteiger partial charge on any atom is 0.327 e. The number of carboxylic acids is 1. The molecule has 0 aliphatic rings. The number of carbonyl (C=O) groups excluding carboxylic acids is 3. The summed E-state index contributed by atoms with van der Waals surface area (Å²) in [6.07, 6.45) is -0.00646. The second-order valence-electron chi connectivity index (χ2n) is 10.9. The number of benzene rings is 2. The number of rotatable bonds is 13. The number of urea groups is 1. The molecular formula is C30H40N2O8S. The molecule has 0 saturated heterocycles. The number of thiol groups is 1. The Morgan fingerprint density at radius 1 is 0.976 bits per heavy atom. The van der Waals surface area contributed by atoms with E-state index in [-0.39, 0.29) is 55.9 Å². The van der Waals surface area contributed by atoms with Crippen LogP contribution in [-0.2, 0) is 32.1 Å². The standard InChI is InChI=1S/C30H40N2O8S/c1-19-7-8-21(13-20(19)2)14-23(18-39-28(36)30(3,4)5)16-31-29(37)32(41)17-22-9-10-24(25(15-22)38-6)40-27(35)12-11-26(33)34/h7-10,13,15,23,41H,11-12,14,16-18H2,1-6H3,(H,31,37)(H,33,34). The lowest BCUT2D eigenvalue weighted by Gasteiger charge is -2.23. The van der Waals surface area contributed by atoms with Crippen LogP contribution in [0.1, 0.15) is 55.9 Å². The number of aliphatic carboxylic acids is 1. The summed E-state index contributed by atoms with van der Waals surface area (Å²) in [7, 11) is 1.40. The Hall–Kier alpha value is -3.73. The van der Waals surface area contributed by atoms with Crippen molar-refractivity contribution >= 4 is 36.8 Å². The molecule has 0 saturated carbocycles. The van der Waals surface area contributed by atoms with Crippen LogP contribution < -0.4 is 14.8 Å². The molecule has 0 fully saturated rings. The van der Waals surface area contributed by atoms with Crippen molar-refractivity contribution in [1.82, 2.24) is 9.62 Å². The summed E-state index contributed by atoms with van der Waals surface area (Å²) in [5.74, 6) is -1.88. The highest BCUT2D eigenvalue weighted by atomic mass is 32.1. The van der Waals surface area contributed by atoms with E-state index >= 15 is 0 Å². The van der Waals surface area contributed by atoms with E-state index in [1.54, 1.807) is 32.9 Å². The number of methoxy groups -OCH3 is 1. The van der Waals surface area contributed by atoms with Gasteiger partial charge in [-0.3, -0.25) is 18.7 Å². The van der Waals surface area contributed by atoms with Crippen LogP contribution in [0.25, 0.3) is 0 Å². The Balaban J connectivity index is 2.03. The normalized spacial score (nSPS) is 11.8. The summed E-state index contributed by atoms with van der Waals surface area (Å²) in [5, 5.41) is 11.6. The number of carbonyl (C=O) groups is 4. The molecule has 0 spiro atoms. The zero-order valence-corrected chi connectivity index (χ0v) is 25.4. The molecule has 1 atom stereocenters. The first-order chi connectivity index (χ1) is 19.2. The smallest absolute Gasteiger partial charge is 0.327 e. The van der Waals surface area contributed by atoms with Crippen LogP contribution in [-0.4, -0.2) is 53.6 Å². The zero-order chi connectivity index (χ0) is 30.7. The van der Waals surface area contributed by atoms with E-state index in [0.717, 1.165) is 11.1 Å². The van der Waals surface area contributed by atoms with E-state index in [1.165, 1.54) is 23.0 Å². The SMILES string of the molecule is COc1cc(CN(S)C(=O)NCC(COC(=O)C(C)(C)C)Cc2ccc(C)c(C)c2)ccc1OC(=O)CCC(=O)O. The van der Waals surface area contributed by atoms with Gasteiger partial charge >= 0.3 is 23.9 Å². The van der Waals surface area contributed by atoms with Gasteiger partial charge in [-0.05, 0) is 75.4 Å². The highest BCUT2D eigenvalue weighted by Gasteiger charge is 2.25. The molecule has 0 aliphatic heterocycles. The monoisotopic (exact) mass is 588 g/mol. The van der Waals surface area contributed by atoms with Crippen molar-refractivity contribution in [3.63, 3.8) is 0 Å². The van der Waals surface area contributed by atoms with E-state index in [1.807, 2.05) is 26.0 Å². The molecule has 2 rings (SSSR count). The van der Waals surface area contributed by atoms with Crippen LogP contribution in [0.5, 0.6) is 11.5 Å². The van der Waals surface area contributed by atoms with Crippen LogP contribution in [0, 0.1) is 25.2 Å². The number of aryl methyl sites for hydroxylation is 2. The molecule has 11 heteroatoms. The molecule has 0 bridgehead atoms. The lowest BCUT2D eigenvalue weighted by molar-refractivity contribution is -0.154. The highest BCUT2D eigenvalue weighted by Crippen LogP contribution is 2.29. The minimum atomic E-state index is -1.10. The van der Waals surface area contributed by atoms with Crippen molar-refractivity contribution in [2.24, 2.45) is 11.3 Å². The van der Waals surface area contributed by atoms with Gasteiger partial charge in [0, 0.05) is 12.5 Å². The molecule has 10 nitrogen and oxygen atoms in total. The lowest BCUT2D eigenvalue weighted by atomic mass is 9.96. The molecule has 2 aromatic rings. The van der Waals surface area contributed by atoms with Crippen molar-refractivity contribution in [2.75, 3.05) is 20.3 Å². The van der Waals surface area contributed by atoms with E-state index < -0.39 is 23.4 Å². The number of amides is 2. The number of hydrogen-bond donors (Lipinski definition) is 3. The van der Waals surface area contributed by atoms with Crippen LogP contribution in [0.4, 0.5) is 4.79 Å². The first kappa shape index (κ1) is 33.5. The van der Waals surface area contributed by atoms with E-state index in [0.29, 0.717) is 12.0 Å². The van der Waals surface area contributed by atoms with Crippen LogP contribution in [0.2, 0.25) is 0 Å². The predicted octanol–water partition coefficient (Wildman–Crippen LogP) is 4.89. The fraction of sp³-hybridized carbons (Fsp3) is 0.467. The number of nitrogens with one attached hydrogen (secondary N) is 1. The largest absolute Gasteiger partial charge is 0.493 e. The molecule has 0 radical (unpaired) electrons. The molecule has 0 heterocycles. The fourth-order valence-electron chi connectivity index (χ4n) is 3.71. The number of carboxylic acid groups (broad SMARTS) is 1. The molecule has 2 N–H and O–H groups in total. The van der Waals surface area contributed by atoms with Crippen molar-refractivity contribution in [3.8, 4) is 11.5 Å². The van der Waals surface area contributed by atoms with Gasteiger partial charge < -0.3 is 24.6 Å². The highest BCUT2D eigenvalue weighted by molar-refractivity contribution is 7.78. The summed E-state index contributed by atoms with van der Waals surface area (Å²) >= 11 is 4.33. The average Bonchev–Trinajstić information content (AvgIpc) is 2.90. The van der Waals surface area contributed by atoms with Gasteiger partial charge in [0.25, 0.3) is 0 Å². The number of hydrogen-bond acceptors (Lipinski definition) is 8. The Bertz CT molecular complexity index is 1240. The Labute approximate surface area is 246 Å². The first-order valence-electron chi connectivity index (χ1n) is 13.3. The lowest BCUT2D eigenvalue weighted by Crippen LogP contribution is -2.39. The average molecular weight is 589 g/mol. The Morgan fingerprint density at radius 3 is 2.27 bits per heavy atom. The maximum absolute atomic E-state index is 12.9. The van der Waals surface area contributed by atoms with Gasteiger partial charge in [0.05, 0.1) is 38.5 Å². The third-order valence-electron chi connectivity index (χ3n) is 6.26. The number of ether oxygens (including phenoxy) is 3. The molecular weight excluding hydrogens is 548 g/mol. The zero-order valence-electron chi connectivity index (χ0n) is 24.5. The van der Waals surface area contributed by atoms with Crippen molar-refractivity contribution in [1.29, 1.82) is 0 Å².